The Kier molecular flexibility index (Phi) is 2.91. The standard InChI is InChI=1S/C7H8ClO3P/c1-11-12(9,10)7-4-2-6(8)3-5-7/h2-5H,1H3,(H,9,10). The van der Waals surface area contributed by atoms with Gasteiger partial charge in [0, 0.05) is 12.1 Å². The van der Waals surface area contributed by atoms with Crippen LogP contribution in [0.4, 0.5) is 0 Å². The summed E-state index contributed by atoms with van der Waals surface area (Å²) in [4.78, 5) is 9.18. The zero-order chi connectivity index (χ0) is 9.19. The van der Waals surface area contributed by atoms with Gasteiger partial charge in [-0.1, -0.05) is 11.6 Å². The minimum Gasteiger partial charge on any atom is -0.321 e. The van der Waals surface area contributed by atoms with E-state index in [0.29, 0.717) is 5.02 Å². The lowest BCUT2D eigenvalue weighted by atomic mass is 10.4. The monoisotopic (exact) mass is 206 g/mol. The van der Waals surface area contributed by atoms with Crippen LogP contribution < -0.4 is 5.30 Å². The fourth-order valence-electron chi connectivity index (χ4n) is 0.735. The molecule has 66 valence electrons. The van der Waals surface area contributed by atoms with Crippen LogP contribution in [0.15, 0.2) is 24.3 Å². The van der Waals surface area contributed by atoms with Gasteiger partial charge >= 0.3 is 7.60 Å². The van der Waals surface area contributed by atoms with Gasteiger partial charge in [-0.05, 0) is 24.3 Å². The molecule has 12 heavy (non-hydrogen) atoms. The first-order valence-corrected chi connectivity index (χ1v) is 5.16. The molecule has 0 amide bonds. The van der Waals surface area contributed by atoms with E-state index in [4.69, 9.17) is 11.6 Å². The van der Waals surface area contributed by atoms with Gasteiger partial charge in [-0.15, -0.1) is 0 Å². The molecule has 0 aliphatic heterocycles. The predicted molar refractivity (Wildman–Crippen MR) is 47.9 cm³/mol. The van der Waals surface area contributed by atoms with Gasteiger partial charge in [0.05, 0.1) is 5.30 Å². The van der Waals surface area contributed by atoms with Crippen molar-refractivity contribution in [3.63, 3.8) is 0 Å². The van der Waals surface area contributed by atoms with Gasteiger partial charge in [0.2, 0.25) is 0 Å². The maximum atomic E-state index is 11.2. The molecule has 0 spiro atoms. The molecule has 0 radical (unpaired) electrons. The van der Waals surface area contributed by atoms with Crippen molar-refractivity contribution in [3.8, 4) is 0 Å². The van der Waals surface area contributed by atoms with Crippen molar-refractivity contribution in [1.82, 2.24) is 0 Å². The highest BCUT2D eigenvalue weighted by Gasteiger charge is 2.19. The summed E-state index contributed by atoms with van der Waals surface area (Å²) in [6.45, 7) is 0. The molecule has 0 aliphatic carbocycles. The van der Waals surface area contributed by atoms with Gasteiger partial charge in [0.15, 0.2) is 0 Å². The first kappa shape index (κ1) is 9.75. The zero-order valence-corrected chi connectivity index (χ0v) is 8.05. The largest absolute Gasteiger partial charge is 0.358 e. The highest BCUT2D eigenvalue weighted by Crippen LogP contribution is 2.39. The summed E-state index contributed by atoms with van der Waals surface area (Å²) in [6, 6.07) is 6.01. The van der Waals surface area contributed by atoms with Gasteiger partial charge in [-0.25, -0.2) is 0 Å². The van der Waals surface area contributed by atoms with E-state index in [9.17, 15) is 9.46 Å². The minimum atomic E-state index is -3.60. The number of halogens is 1. The smallest absolute Gasteiger partial charge is 0.321 e. The molecule has 1 aromatic carbocycles. The molecule has 1 aromatic rings. The third kappa shape index (κ3) is 2.08. The van der Waals surface area contributed by atoms with Crippen molar-refractivity contribution < 1.29 is 14.0 Å². The summed E-state index contributed by atoms with van der Waals surface area (Å²) in [5.74, 6) is 0. The van der Waals surface area contributed by atoms with Crippen LogP contribution in [0.2, 0.25) is 5.02 Å². The quantitative estimate of drug-likeness (QED) is 0.751. The molecular formula is C7H8ClO3P. The average molecular weight is 207 g/mol. The van der Waals surface area contributed by atoms with E-state index >= 15 is 0 Å². The topological polar surface area (TPSA) is 46.5 Å². The molecule has 0 bridgehead atoms. The van der Waals surface area contributed by atoms with Gasteiger partial charge in [-0.3, -0.25) is 4.57 Å². The van der Waals surface area contributed by atoms with Gasteiger partial charge in [-0.2, -0.15) is 0 Å². The Labute approximate surface area is 75.5 Å². The maximum absolute atomic E-state index is 11.2. The molecule has 0 aromatic heterocycles. The molecule has 1 atom stereocenters. The van der Waals surface area contributed by atoms with E-state index in [1.807, 2.05) is 0 Å². The lowest BCUT2D eigenvalue weighted by Crippen LogP contribution is -2.04. The molecule has 3 nitrogen and oxygen atoms in total. The molecule has 1 N–H and O–H groups in total. The summed E-state index contributed by atoms with van der Waals surface area (Å²) >= 11 is 5.59. The SMILES string of the molecule is COP(=O)(O)c1ccc(Cl)cc1. The Balaban J connectivity index is 3.05. The Hall–Kier alpha value is -0.340. The molecular weight excluding hydrogens is 199 g/mol. The van der Waals surface area contributed by atoms with Crippen LogP contribution >= 0.6 is 19.2 Å². The van der Waals surface area contributed by atoms with Crippen LogP contribution in [0.1, 0.15) is 0 Å². The Bertz CT molecular complexity index is 309. The molecule has 0 heterocycles. The zero-order valence-electron chi connectivity index (χ0n) is 6.40. The fraction of sp³-hybridized carbons (Fsp3) is 0.143. The second kappa shape index (κ2) is 3.58. The number of benzene rings is 1. The van der Waals surface area contributed by atoms with Gasteiger partial charge in [0.25, 0.3) is 0 Å². The van der Waals surface area contributed by atoms with Gasteiger partial charge in [0.1, 0.15) is 0 Å². The fourth-order valence-corrected chi connectivity index (χ4v) is 1.60. The van der Waals surface area contributed by atoms with Crippen molar-refractivity contribution in [2.24, 2.45) is 0 Å². The number of hydrogen-bond acceptors (Lipinski definition) is 2. The van der Waals surface area contributed by atoms with Crippen LogP contribution in [0, 0.1) is 0 Å². The summed E-state index contributed by atoms with van der Waals surface area (Å²) in [5, 5.41) is 0.768. The molecule has 1 rings (SSSR count). The summed E-state index contributed by atoms with van der Waals surface area (Å²) in [7, 11) is -2.41. The third-order valence-electron chi connectivity index (χ3n) is 1.40. The molecule has 0 fully saturated rings. The van der Waals surface area contributed by atoms with Crippen molar-refractivity contribution in [2.75, 3.05) is 7.11 Å². The van der Waals surface area contributed by atoms with E-state index in [-0.39, 0.29) is 5.30 Å². The molecule has 1 unspecified atom stereocenters. The van der Waals surface area contributed by atoms with Crippen molar-refractivity contribution >= 4 is 24.5 Å². The van der Waals surface area contributed by atoms with Crippen molar-refractivity contribution in [1.29, 1.82) is 0 Å². The normalized spacial score (nSPS) is 15.6. The highest BCUT2D eigenvalue weighted by molar-refractivity contribution is 7.61. The van der Waals surface area contributed by atoms with Crippen LogP contribution in [0.5, 0.6) is 0 Å². The van der Waals surface area contributed by atoms with Crippen molar-refractivity contribution in [2.45, 2.75) is 0 Å². The lowest BCUT2D eigenvalue weighted by Gasteiger charge is -2.07. The first-order chi connectivity index (χ1) is 5.56. The third-order valence-corrected chi connectivity index (χ3v) is 3.10. The molecule has 0 saturated heterocycles. The predicted octanol–water partition coefficient (Wildman–Crippen LogP) is 1.80. The molecule has 0 saturated carbocycles. The van der Waals surface area contributed by atoms with E-state index in [1.54, 1.807) is 12.1 Å². The second-order valence-electron chi connectivity index (χ2n) is 2.18. The Morgan fingerprint density at radius 2 is 1.92 bits per heavy atom. The van der Waals surface area contributed by atoms with Crippen LogP contribution in [-0.4, -0.2) is 12.0 Å². The molecule has 0 aliphatic rings. The second-order valence-corrected chi connectivity index (χ2v) is 4.54. The number of rotatable bonds is 2. The van der Waals surface area contributed by atoms with Crippen molar-refractivity contribution in [3.05, 3.63) is 29.3 Å². The first-order valence-electron chi connectivity index (χ1n) is 3.21. The summed E-state index contributed by atoms with van der Waals surface area (Å²) in [6.07, 6.45) is 0. The summed E-state index contributed by atoms with van der Waals surface area (Å²) in [5.41, 5.74) is 0. The van der Waals surface area contributed by atoms with E-state index in [0.717, 1.165) is 0 Å². The number of hydrogen-bond donors (Lipinski definition) is 1. The Morgan fingerprint density at radius 1 is 1.42 bits per heavy atom. The highest BCUT2D eigenvalue weighted by atomic mass is 35.5. The van der Waals surface area contributed by atoms with E-state index in [2.05, 4.69) is 4.52 Å². The van der Waals surface area contributed by atoms with Crippen LogP contribution in [0.25, 0.3) is 0 Å². The average Bonchev–Trinajstić information content (AvgIpc) is 2.05. The van der Waals surface area contributed by atoms with E-state index < -0.39 is 7.60 Å². The van der Waals surface area contributed by atoms with E-state index in [1.165, 1.54) is 19.2 Å². The maximum Gasteiger partial charge on any atom is 0.358 e. The Morgan fingerprint density at radius 3 is 2.33 bits per heavy atom. The minimum absolute atomic E-state index is 0.245. The van der Waals surface area contributed by atoms with Crippen LogP contribution in [-0.2, 0) is 9.09 Å². The molecule has 5 heteroatoms. The lowest BCUT2D eigenvalue weighted by molar-refractivity contribution is 0.328. The van der Waals surface area contributed by atoms with Crippen LogP contribution in [0.3, 0.4) is 0 Å². The summed E-state index contributed by atoms with van der Waals surface area (Å²) < 4.78 is 15.6. The van der Waals surface area contributed by atoms with Gasteiger partial charge < -0.3 is 9.42 Å².